The third-order valence-electron chi connectivity index (χ3n) is 3.78. The smallest absolute Gasteiger partial charge is 0.166 e. The average molecular weight is 331 g/mol. The quantitative estimate of drug-likeness (QED) is 0.607. The molecule has 1 N–H and O–H groups in total. The van der Waals surface area contributed by atoms with Crippen LogP contribution < -0.4 is 5.32 Å². The molecular formula is C19H14FN5. The fraction of sp³-hybridized carbons (Fsp3) is 0.0526. The summed E-state index contributed by atoms with van der Waals surface area (Å²) in [6, 6.07) is 12.2. The molecule has 25 heavy (non-hydrogen) atoms. The molecule has 1 aromatic carbocycles. The van der Waals surface area contributed by atoms with Gasteiger partial charge < -0.3 is 5.32 Å². The normalized spacial score (nSPS) is 10.8. The van der Waals surface area contributed by atoms with Gasteiger partial charge in [-0.15, -0.1) is 0 Å². The Morgan fingerprint density at radius 1 is 0.960 bits per heavy atom. The largest absolute Gasteiger partial charge is 0.339 e. The Bertz CT molecular complexity index is 1050. The van der Waals surface area contributed by atoms with Gasteiger partial charge >= 0.3 is 0 Å². The lowest BCUT2D eigenvalue weighted by atomic mass is 10.1. The monoisotopic (exact) mass is 331 g/mol. The van der Waals surface area contributed by atoms with E-state index >= 15 is 0 Å². The maximum absolute atomic E-state index is 14.3. The minimum Gasteiger partial charge on any atom is -0.339 e. The molecule has 0 fully saturated rings. The van der Waals surface area contributed by atoms with Crippen molar-refractivity contribution in [3.63, 3.8) is 0 Å². The lowest BCUT2D eigenvalue weighted by molar-refractivity contribution is 0.629. The highest BCUT2D eigenvalue weighted by Crippen LogP contribution is 2.27. The van der Waals surface area contributed by atoms with E-state index in [0.29, 0.717) is 22.9 Å². The van der Waals surface area contributed by atoms with Gasteiger partial charge in [-0.2, -0.15) is 0 Å². The van der Waals surface area contributed by atoms with Crippen LogP contribution in [0.5, 0.6) is 0 Å². The predicted octanol–water partition coefficient (Wildman–Crippen LogP) is 4.28. The van der Waals surface area contributed by atoms with Gasteiger partial charge in [0.2, 0.25) is 0 Å². The van der Waals surface area contributed by atoms with Gasteiger partial charge in [0.1, 0.15) is 11.6 Å². The second-order valence-electron chi connectivity index (χ2n) is 5.61. The first kappa shape index (κ1) is 15.1. The first-order valence-electron chi connectivity index (χ1n) is 7.77. The molecule has 0 spiro atoms. The second-order valence-corrected chi connectivity index (χ2v) is 5.61. The number of halogens is 1. The molecule has 0 aliphatic heterocycles. The van der Waals surface area contributed by atoms with Crippen molar-refractivity contribution in [3.05, 3.63) is 72.4 Å². The van der Waals surface area contributed by atoms with Crippen LogP contribution in [0.25, 0.3) is 22.4 Å². The molecule has 5 nitrogen and oxygen atoms in total. The summed E-state index contributed by atoms with van der Waals surface area (Å²) in [6.45, 7) is 1.90. The van der Waals surface area contributed by atoms with Crippen molar-refractivity contribution in [2.45, 2.75) is 6.92 Å². The van der Waals surface area contributed by atoms with Gasteiger partial charge in [0.15, 0.2) is 11.5 Å². The Hall–Kier alpha value is -3.41. The van der Waals surface area contributed by atoms with Crippen LogP contribution in [-0.4, -0.2) is 19.9 Å². The van der Waals surface area contributed by atoms with Gasteiger partial charge in [0.25, 0.3) is 0 Å². The topological polar surface area (TPSA) is 63.6 Å². The summed E-state index contributed by atoms with van der Waals surface area (Å²) in [7, 11) is 0. The molecular weight excluding hydrogens is 317 g/mol. The van der Waals surface area contributed by atoms with Crippen LogP contribution in [-0.2, 0) is 0 Å². The van der Waals surface area contributed by atoms with Crippen molar-refractivity contribution in [1.82, 2.24) is 19.9 Å². The Labute approximate surface area is 143 Å². The zero-order chi connectivity index (χ0) is 17.2. The number of hydrogen-bond donors (Lipinski definition) is 1. The standard InChI is InChI=1S/C19H14FN5/c1-12-4-5-16(20)15(11-12)19-24-17-14(3-2-8-22-17)18(25-19)23-13-6-9-21-10-7-13/h2-11H,1H3,(H,21,22,23,24,25). The summed E-state index contributed by atoms with van der Waals surface area (Å²) < 4.78 is 14.3. The second kappa shape index (κ2) is 6.24. The minimum atomic E-state index is -0.365. The third-order valence-corrected chi connectivity index (χ3v) is 3.78. The van der Waals surface area contributed by atoms with Crippen molar-refractivity contribution >= 4 is 22.5 Å². The molecule has 3 aromatic heterocycles. The number of nitrogens with zero attached hydrogens (tertiary/aromatic N) is 4. The molecule has 0 unspecified atom stereocenters. The van der Waals surface area contributed by atoms with Crippen LogP contribution in [0.2, 0.25) is 0 Å². The maximum atomic E-state index is 14.3. The Morgan fingerprint density at radius 2 is 1.80 bits per heavy atom. The number of rotatable bonds is 3. The zero-order valence-corrected chi connectivity index (χ0v) is 13.4. The van der Waals surface area contributed by atoms with E-state index in [2.05, 4.69) is 25.3 Å². The molecule has 3 heterocycles. The molecule has 0 bridgehead atoms. The minimum absolute atomic E-state index is 0.295. The van der Waals surface area contributed by atoms with Gasteiger partial charge in [-0.1, -0.05) is 11.6 Å². The van der Waals surface area contributed by atoms with Gasteiger partial charge in [0, 0.05) is 24.3 Å². The molecule has 0 saturated heterocycles. The Morgan fingerprint density at radius 3 is 2.64 bits per heavy atom. The number of anilines is 2. The predicted molar refractivity (Wildman–Crippen MR) is 95.0 cm³/mol. The molecule has 6 heteroatoms. The van der Waals surface area contributed by atoms with Crippen molar-refractivity contribution < 1.29 is 4.39 Å². The summed E-state index contributed by atoms with van der Waals surface area (Å²) in [5, 5.41) is 4.00. The van der Waals surface area contributed by atoms with Crippen LogP contribution in [0.15, 0.2) is 61.1 Å². The number of hydrogen-bond acceptors (Lipinski definition) is 5. The van der Waals surface area contributed by atoms with E-state index in [9.17, 15) is 4.39 Å². The molecule has 4 aromatic rings. The fourth-order valence-electron chi connectivity index (χ4n) is 2.56. The van der Waals surface area contributed by atoms with Crippen LogP contribution in [0.3, 0.4) is 0 Å². The summed E-state index contributed by atoms with van der Waals surface area (Å²) in [5.74, 6) is 0.500. The number of benzene rings is 1. The van der Waals surface area contributed by atoms with Crippen LogP contribution in [0.4, 0.5) is 15.9 Å². The fourth-order valence-corrected chi connectivity index (χ4v) is 2.56. The third kappa shape index (κ3) is 3.01. The van der Waals surface area contributed by atoms with Crippen LogP contribution in [0, 0.1) is 12.7 Å². The number of aryl methyl sites for hydroxylation is 1. The summed E-state index contributed by atoms with van der Waals surface area (Å²) in [4.78, 5) is 17.3. The van der Waals surface area contributed by atoms with Gasteiger partial charge in [-0.25, -0.2) is 19.3 Å². The maximum Gasteiger partial charge on any atom is 0.166 e. The molecule has 0 aliphatic rings. The van der Waals surface area contributed by atoms with E-state index in [4.69, 9.17) is 0 Å². The number of pyridine rings is 2. The lowest BCUT2D eigenvalue weighted by Crippen LogP contribution is -2.01. The van der Waals surface area contributed by atoms with Crippen LogP contribution in [0.1, 0.15) is 5.56 Å². The summed E-state index contributed by atoms with van der Waals surface area (Å²) in [6.07, 6.45) is 5.03. The highest BCUT2D eigenvalue weighted by atomic mass is 19.1. The molecule has 0 atom stereocenters. The SMILES string of the molecule is Cc1ccc(F)c(-c2nc(Nc3ccncc3)c3cccnc3n2)c1. The van der Waals surface area contributed by atoms with E-state index in [1.54, 1.807) is 30.7 Å². The van der Waals surface area contributed by atoms with Gasteiger partial charge in [-0.05, 0) is 43.3 Å². The molecule has 0 aliphatic carbocycles. The highest BCUT2D eigenvalue weighted by molar-refractivity contribution is 5.89. The van der Waals surface area contributed by atoms with Gasteiger partial charge in [-0.3, -0.25) is 4.98 Å². The first-order valence-corrected chi connectivity index (χ1v) is 7.77. The lowest BCUT2D eigenvalue weighted by Gasteiger charge is -2.11. The highest BCUT2D eigenvalue weighted by Gasteiger charge is 2.13. The van der Waals surface area contributed by atoms with E-state index in [0.717, 1.165) is 16.6 Å². The Balaban J connectivity index is 1.91. The van der Waals surface area contributed by atoms with Crippen molar-refractivity contribution in [2.75, 3.05) is 5.32 Å². The number of fused-ring (bicyclic) bond motifs is 1. The van der Waals surface area contributed by atoms with Crippen LogP contribution >= 0.6 is 0 Å². The molecule has 0 amide bonds. The van der Waals surface area contributed by atoms with E-state index in [1.807, 2.05) is 31.2 Å². The number of aromatic nitrogens is 4. The van der Waals surface area contributed by atoms with Gasteiger partial charge in [0.05, 0.1) is 10.9 Å². The summed E-state index contributed by atoms with van der Waals surface area (Å²) >= 11 is 0. The van der Waals surface area contributed by atoms with Crippen molar-refractivity contribution in [3.8, 4) is 11.4 Å². The molecule has 122 valence electrons. The molecule has 4 rings (SSSR count). The van der Waals surface area contributed by atoms with Crippen molar-refractivity contribution in [1.29, 1.82) is 0 Å². The zero-order valence-electron chi connectivity index (χ0n) is 13.4. The van der Waals surface area contributed by atoms with E-state index in [1.165, 1.54) is 6.07 Å². The number of nitrogens with one attached hydrogen (secondary N) is 1. The average Bonchev–Trinajstić information content (AvgIpc) is 2.64. The van der Waals surface area contributed by atoms with Crippen molar-refractivity contribution in [2.24, 2.45) is 0 Å². The van der Waals surface area contributed by atoms with E-state index in [-0.39, 0.29) is 5.82 Å². The molecule has 0 saturated carbocycles. The first-order chi connectivity index (χ1) is 12.2. The molecule has 0 radical (unpaired) electrons. The summed E-state index contributed by atoms with van der Waals surface area (Å²) in [5.41, 5.74) is 2.62. The Kier molecular flexibility index (Phi) is 3.78. The van der Waals surface area contributed by atoms with E-state index < -0.39 is 0 Å².